The molecule has 1 aliphatic rings. The fraction of sp³-hybridized carbons (Fsp3) is 1.00. The quantitative estimate of drug-likeness (QED) is 0.748. The topological polar surface area (TPSA) is 49.4 Å². The van der Waals surface area contributed by atoms with Crippen molar-refractivity contribution in [2.45, 2.75) is 32.7 Å². The third kappa shape index (κ3) is 5.15. The first kappa shape index (κ1) is 16.4. The lowest BCUT2D eigenvalue weighted by Crippen LogP contribution is -2.44. The van der Waals surface area contributed by atoms with E-state index in [-0.39, 0.29) is 0 Å². The summed E-state index contributed by atoms with van der Waals surface area (Å²) in [6.45, 7) is 6.65. The maximum absolute atomic E-state index is 11.5. The zero-order chi connectivity index (χ0) is 13.8. The zero-order valence-corrected chi connectivity index (χ0v) is 13.9. The third-order valence-electron chi connectivity index (χ3n) is 3.78. The molecule has 3 atom stereocenters. The van der Waals surface area contributed by atoms with Crippen molar-refractivity contribution in [3.63, 3.8) is 0 Å². The lowest BCUT2D eigenvalue weighted by Gasteiger charge is -2.32. The molecule has 1 N–H and O–H groups in total. The van der Waals surface area contributed by atoms with Gasteiger partial charge in [0.25, 0.3) is 0 Å². The smallest absolute Gasteiger partial charge is 0.211 e. The Balaban J connectivity index is 2.39. The average molecular weight is 341 g/mol. The van der Waals surface area contributed by atoms with E-state index in [2.05, 4.69) is 35.1 Å². The summed E-state index contributed by atoms with van der Waals surface area (Å²) in [4.78, 5) is 0. The van der Waals surface area contributed by atoms with Crippen LogP contribution in [0.25, 0.3) is 0 Å². The first-order valence-electron chi connectivity index (χ1n) is 6.59. The first-order chi connectivity index (χ1) is 8.34. The van der Waals surface area contributed by atoms with Crippen molar-refractivity contribution in [1.82, 2.24) is 9.62 Å². The third-order valence-corrected chi connectivity index (χ3v) is 6.07. The van der Waals surface area contributed by atoms with Gasteiger partial charge in [0.05, 0.1) is 6.26 Å². The molecule has 1 heterocycles. The van der Waals surface area contributed by atoms with Crippen LogP contribution in [0.5, 0.6) is 0 Å². The molecule has 3 unspecified atom stereocenters. The SMILES string of the molecule is CC(CBr)C(C)NCC1CCCN(S(C)(=O)=O)C1. The molecule has 0 radical (unpaired) electrons. The van der Waals surface area contributed by atoms with Gasteiger partial charge < -0.3 is 5.32 Å². The Kier molecular flexibility index (Phi) is 6.58. The predicted molar refractivity (Wildman–Crippen MR) is 79.6 cm³/mol. The van der Waals surface area contributed by atoms with E-state index >= 15 is 0 Å². The maximum Gasteiger partial charge on any atom is 0.211 e. The Morgan fingerprint density at radius 1 is 1.44 bits per heavy atom. The number of alkyl halides is 1. The van der Waals surface area contributed by atoms with Crippen LogP contribution < -0.4 is 5.32 Å². The van der Waals surface area contributed by atoms with Crippen LogP contribution in [0.3, 0.4) is 0 Å². The van der Waals surface area contributed by atoms with Crippen molar-refractivity contribution in [2.75, 3.05) is 31.2 Å². The van der Waals surface area contributed by atoms with Crippen molar-refractivity contribution in [2.24, 2.45) is 11.8 Å². The molecule has 0 aromatic rings. The van der Waals surface area contributed by atoms with Crippen LogP contribution >= 0.6 is 15.9 Å². The van der Waals surface area contributed by atoms with Gasteiger partial charge in [-0.2, -0.15) is 0 Å². The lowest BCUT2D eigenvalue weighted by molar-refractivity contribution is 0.251. The Morgan fingerprint density at radius 2 is 2.11 bits per heavy atom. The predicted octanol–water partition coefficient (Wildman–Crippen LogP) is 1.67. The molecule has 0 aromatic heterocycles. The molecule has 0 spiro atoms. The normalized spacial score (nSPS) is 25.9. The van der Waals surface area contributed by atoms with E-state index in [0.717, 1.165) is 24.7 Å². The fourth-order valence-electron chi connectivity index (χ4n) is 2.18. The second-order valence-electron chi connectivity index (χ2n) is 5.46. The summed E-state index contributed by atoms with van der Waals surface area (Å²) in [7, 11) is -3.02. The molecule has 1 fully saturated rings. The molecule has 0 amide bonds. The molecule has 0 bridgehead atoms. The van der Waals surface area contributed by atoms with Gasteiger partial charge in [0.15, 0.2) is 0 Å². The van der Waals surface area contributed by atoms with Gasteiger partial charge in [-0.15, -0.1) is 0 Å². The van der Waals surface area contributed by atoms with Crippen LogP contribution in [0, 0.1) is 11.8 Å². The van der Waals surface area contributed by atoms with E-state index in [1.807, 2.05) is 0 Å². The minimum atomic E-state index is -3.02. The number of nitrogens with zero attached hydrogens (tertiary/aromatic N) is 1. The fourth-order valence-corrected chi connectivity index (χ4v) is 3.69. The molecular weight excluding hydrogens is 316 g/mol. The van der Waals surface area contributed by atoms with Crippen LogP contribution in [0.2, 0.25) is 0 Å². The van der Waals surface area contributed by atoms with Gasteiger partial charge in [0.1, 0.15) is 0 Å². The molecule has 1 rings (SSSR count). The van der Waals surface area contributed by atoms with Gasteiger partial charge >= 0.3 is 0 Å². The monoisotopic (exact) mass is 340 g/mol. The summed E-state index contributed by atoms with van der Waals surface area (Å²) in [6.07, 6.45) is 3.40. The highest BCUT2D eigenvalue weighted by Gasteiger charge is 2.26. The molecule has 4 nitrogen and oxygen atoms in total. The molecule has 0 aliphatic carbocycles. The van der Waals surface area contributed by atoms with Crippen LogP contribution in [0.15, 0.2) is 0 Å². The molecular formula is C12H25BrN2O2S. The molecule has 1 aliphatic heterocycles. The molecule has 18 heavy (non-hydrogen) atoms. The van der Waals surface area contributed by atoms with E-state index in [1.54, 1.807) is 4.31 Å². The van der Waals surface area contributed by atoms with Crippen molar-refractivity contribution < 1.29 is 8.42 Å². The largest absolute Gasteiger partial charge is 0.314 e. The van der Waals surface area contributed by atoms with Crippen LogP contribution in [0.4, 0.5) is 0 Å². The molecule has 0 aromatic carbocycles. The first-order valence-corrected chi connectivity index (χ1v) is 9.56. The highest BCUT2D eigenvalue weighted by atomic mass is 79.9. The number of hydrogen-bond acceptors (Lipinski definition) is 3. The zero-order valence-electron chi connectivity index (χ0n) is 11.5. The molecule has 0 saturated carbocycles. The van der Waals surface area contributed by atoms with Crippen LogP contribution in [0.1, 0.15) is 26.7 Å². The van der Waals surface area contributed by atoms with E-state index in [9.17, 15) is 8.42 Å². The number of nitrogens with one attached hydrogen (secondary N) is 1. The number of rotatable bonds is 6. The summed E-state index contributed by atoms with van der Waals surface area (Å²) in [5.41, 5.74) is 0. The Hall–Kier alpha value is 0.350. The summed E-state index contributed by atoms with van der Waals surface area (Å²) in [6, 6.07) is 0.456. The van der Waals surface area contributed by atoms with E-state index in [1.165, 1.54) is 6.26 Å². The molecule has 6 heteroatoms. The Bertz CT molecular complexity index is 348. The number of hydrogen-bond donors (Lipinski definition) is 1. The molecule has 1 saturated heterocycles. The van der Waals surface area contributed by atoms with Gasteiger partial charge in [-0.25, -0.2) is 12.7 Å². The number of sulfonamides is 1. The van der Waals surface area contributed by atoms with Crippen LogP contribution in [-0.4, -0.2) is 50.0 Å². The summed E-state index contributed by atoms with van der Waals surface area (Å²) in [5.74, 6) is 1.03. The van der Waals surface area contributed by atoms with Crippen molar-refractivity contribution in [1.29, 1.82) is 0 Å². The van der Waals surface area contributed by atoms with Crippen molar-refractivity contribution in [3.8, 4) is 0 Å². The Morgan fingerprint density at radius 3 is 2.67 bits per heavy atom. The number of piperidine rings is 1. The lowest BCUT2D eigenvalue weighted by atomic mass is 9.98. The average Bonchev–Trinajstić information content (AvgIpc) is 2.34. The van der Waals surface area contributed by atoms with Gasteiger partial charge in [-0.3, -0.25) is 0 Å². The van der Waals surface area contributed by atoms with Crippen molar-refractivity contribution in [3.05, 3.63) is 0 Å². The van der Waals surface area contributed by atoms with Gasteiger partial charge in [-0.05, 0) is 38.1 Å². The van der Waals surface area contributed by atoms with Crippen LogP contribution in [-0.2, 0) is 10.0 Å². The molecule has 108 valence electrons. The second-order valence-corrected chi connectivity index (χ2v) is 8.09. The van der Waals surface area contributed by atoms with E-state index in [4.69, 9.17) is 0 Å². The minimum absolute atomic E-state index is 0.443. The standard InChI is InChI=1S/C12H25BrN2O2S/c1-10(7-13)11(2)14-8-12-5-4-6-15(9-12)18(3,16)17/h10-12,14H,4-9H2,1-3H3. The summed E-state index contributed by atoms with van der Waals surface area (Å²) >= 11 is 3.49. The number of halogens is 1. The second kappa shape index (κ2) is 7.22. The maximum atomic E-state index is 11.5. The summed E-state index contributed by atoms with van der Waals surface area (Å²) in [5, 5.41) is 4.51. The van der Waals surface area contributed by atoms with Gasteiger partial charge in [0.2, 0.25) is 10.0 Å². The minimum Gasteiger partial charge on any atom is -0.314 e. The van der Waals surface area contributed by atoms with Gasteiger partial charge in [-0.1, -0.05) is 22.9 Å². The van der Waals surface area contributed by atoms with E-state index in [0.29, 0.717) is 31.0 Å². The summed E-state index contributed by atoms with van der Waals surface area (Å²) < 4.78 is 24.7. The highest BCUT2D eigenvalue weighted by Crippen LogP contribution is 2.18. The Labute approximate surface area is 120 Å². The highest BCUT2D eigenvalue weighted by molar-refractivity contribution is 9.09. The van der Waals surface area contributed by atoms with Gasteiger partial charge in [0, 0.05) is 24.5 Å². The van der Waals surface area contributed by atoms with Crippen molar-refractivity contribution >= 4 is 26.0 Å². The van der Waals surface area contributed by atoms with E-state index < -0.39 is 10.0 Å².